The molecule has 1 heteroatoms. The summed E-state index contributed by atoms with van der Waals surface area (Å²) in [6, 6.07) is 0.797. The van der Waals surface area contributed by atoms with Crippen molar-refractivity contribution >= 4 is 0 Å². The first-order valence-corrected chi connectivity index (χ1v) is 6.43. The fraction of sp³-hybridized carbons (Fsp3) is 1.00. The first-order chi connectivity index (χ1) is 6.70. The van der Waals surface area contributed by atoms with Gasteiger partial charge in [0.25, 0.3) is 0 Å². The third kappa shape index (κ3) is 3.61. The van der Waals surface area contributed by atoms with Crippen LogP contribution in [0.3, 0.4) is 0 Å². The summed E-state index contributed by atoms with van der Waals surface area (Å²) >= 11 is 0. The Hall–Kier alpha value is -0.0400. The Balaban J connectivity index is 2.42. The third-order valence-corrected chi connectivity index (χ3v) is 4.03. The van der Waals surface area contributed by atoms with Gasteiger partial charge in [0.1, 0.15) is 0 Å². The van der Waals surface area contributed by atoms with Crippen LogP contribution in [0.15, 0.2) is 0 Å². The normalized spacial score (nSPS) is 34.9. The van der Waals surface area contributed by atoms with Gasteiger partial charge >= 0.3 is 0 Å². The van der Waals surface area contributed by atoms with Crippen LogP contribution in [0.1, 0.15) is 65.7 Å². The molecule has 2 atom stereocenters. The number of rotatable bonds is 3. The van der Waals surface area contributed by atoms with Crippen LogP contribution in [0.5, 0.6) is 0 Å². The van der Waals surface area contributed by atoms with Gasteiger partial charge in [-0.2, -0.15) is 0 Å². The van der Waals surface area contributed by atoms with Gasteiger partial charge < -0.3 is 5.32 Å². The zero-order chi connectivity index (χ0) is 10.4. The van der Waals surface area contributed by atoms with E-state index in [0.717, 1.165) is 12.6 Å². The van der Waals surface area contributed by atoms with Gasteiger partial charge in [-0.25, -0.2) is 0 Å². The van der Waals surface area contributed by atoms with Gasteiger partial charge in [0.15, 0.2) is 0 Å². The summed E-state index contributed by atoms with van der Waals surface area (Å²) in [7, 11) is 0. The lowest BCUT2D eigenvalue weighted by molar-refractivity contribution is 0.210. The van der Waals surface area contributed by atoms with E-state index in [-0.39, 0.29) is 0 Å². The molecule has 0 saturated heterocycles. The average molecular weight is 197 g/mol. The van der Waals surface area contributed by atoms with Crippen molar-refractivity contribution in [2.24, 2.45) is 5.41 Å². The molecule has 0 aliphatic heterocycles. The summed E-state index contributed by atoms with van der Waals surface area (Å²) in [5.41, 5.74) is 0.633. The van der Waals surface area contributed by atoms with Crippen LogP contribution in [0.25, 0.3) is 0 Å². The molecule has 0 aromatic carbocycles. The first-order valence-electron chi connectivity index (χ1n) is 6.43. The minimum Gasteiger partial charge on any atom is -0.314 e. The molecule has 0 spiro atoms. The Kier molecular flexibility index (Phi) is 4.94. The van der Waals surface area contributed by atoms with Crippen LogP contribution < -0.4 is 5.32 Å². The van der Waals surface area contributed by atoms with Crippen molar-refractivity contribution in [3.8, 4) is 0 Å². The van der Waals surface area contributed by atoms with Gasteiger partial charge in [-0.05, 0) is 37.6 Å². The van der Waals surface area contributed by atoms with Crippen LogP contribution in [0, 0.1) is 5.41 Å². The van der Waals surface area contributed by atoms with E-state index in [1.165, 1.54) is 44.9 Å². The van der Waals surface area contributed by atoms with E-state index in [1.54, 1.807) is 0 Å². The molecule has 0 amide bonds. The SMILES string of the molecule is CCNC1CCCCC(C)(CC)CC1. The van der Waals surface area contributed by atoms with Gasteiger partial charge in [-0.15, -0.1) is 0 Å². The summed E-state index contributed by atoms with van der Waals surface area (Å²) in [5, 5.41) is 3.61. The highest BCUT2D eigenvalue weighted by atomic mass is 14.9. The Bertz CT molecular complexity index is 155. The van der Waals surface area contributed by atoms with Crippen LogP contribution in [0.2, 0.25) is 0 Å². The minimum atomic E-state index is 0.633. The highest BCUT2D eigenvalue weighted by molar-refractivity contribution is 4.79. The molecule has 0 aromatic rings. The highest BCUT2D eigenvalue weighted by Gasteiger charge is 2.24. The second kappa shape index (κ2) is 5.75. The Morgan fingerprint density at radius 3 is 2.57 bits per heavy atom. The lowest BCUT2D eigenvalue weighted by atomic mass is 9.75. The van der Waals surface area contributed by atoms with Crippen molar-refractivity contribution in [1.82, 2.24) is 5.32 Å². The molecule has 0 bridgehead atoms. The van der Waals surface area contributed by atoms with Crippen molar-refractivity contribution in [1.29, 1.82) is 0 Å². The van der Waals surface area contributed by atoms with Gasteiger partial charge in [-0.1, -0.05) is 40.0 Å². The molecule has 84 valence electrons. The standard InChI is InChI=1S/C13H27N/c1-4-13(3)10-7-6-8-12(9-11-13)14-5-2/h12,14H,4-11H2,1-3H3. The van der Waals surface area contributed by atoms with Crippen LogP contribution in [0.4, 0.5) is 0 Å². The quantitative estimate of drug-likeness (QED) is 0.727. The molecule has 1 aliphatic rings. The smallest absolute Gasteiger partial charge is 0.00671 e. The topological polar surface area (TPSA) is 12.0 Å². The summed E-state index contributed by atoms with van der Waals surface area (Å²) in [4.78, 5) is 0. The maximum atomic E-state index is 3.61. The Morgan fingerprint density at radius 2 is 1.93 bits per heavy atom. The minimum absolute atomic E-state index is 0.633. The van der Waals surface area contributed by atoms with E-state index in [1.807, 2.05) is 0 Å². The molecule has 0 heterocycles. The summed E-state index contributed by atoms with van der Waals surface area (Å²) in [6.07, 6.45) is 9.86. The van der Waals surface area contributed by atoms with Gasteiger partial charge in [0, 0.05) is 6.04 Å². The summed E-state index contributed by atoms with van der Waals surface area (Å²) in [6.45, 7) is 8.18. The molecule has 1 nitrogen and oxygen atoms in total. The molecule has 14 heavy (non-hydrogen) atoms. The largest absolute Gasteiger partial charge is 0.314 e. The van der Waals surface area contributed by atoms with E-state index >= 15 is 0 Å². The zero-order valence-electron chi connectivity index (χ0n) is 10.2. The van der Waals surface area contributed by atoms with Gasteiger partial charge in [-0.3, -0.25) is 0 Å². The number of hydrogen-bond acceptors (Lipinski definition) is 1. The Morgan fingerprint density at radius 1 is 1.14 bits per heavy atom. The molecular weight excluding hydrogens is 170 g/mol. The van der Waals surface area contributed by atoms with Crippen LogP contribution in [-0.2, 0) is 0 Å². The lowest BCUT2D eigenvalue weighted by Crippen LogP contribution is -2.32. The molecule has 2 unspecified atom stereocenters. The molecule has 0 aromatic heterocycles. The second-order valence-corrected chi connectivity index (χ2v) is 5.20. The molecule has 1 rings (SSSR count). The van der Waals surface area contributed by atoms with Crippen molar-refractivity contribution < 1.29 is 0 Å². The van der Waals surface area contributed by atoms with E-state index in [9.17, 15) is 0 Å². The zero-order valence-corrected chi connectivity index (χ0v) is 10.2. The van der Waals surface area contributed by atoms with E-state index < -0.39 is 0 Å². The highest BCUT2D eigenvalue weighted by Crippen LogP contribution is 2.36. The third-order valence-electron chi connectivity index (χ3n) is 4.03. The van der Waals surface area contributed by atoms with Crippen LogP contribution in [-0.4, -0.2) is 12.6 Å². The summed E-state index contributed by atoms with van der Waals surface area (Å²) in [5.74, 6) is 0. The maximum Gasteiger partial charge on any atom is 0.00671 e. The fourth-order valence-corrected chi connectivity index (χ4v) is 2.58. The van der Waals surface area contributed by atoms with Gasteiger partial charge in [0.2, 0.25) is 0 Å². The number of hydrogen-bond donors (Lipinski definition) is 1. The molecular formula is C13H27N. The van der Waals surface area contributed by atoms with E-state index in [4.69, 9.17) is 0 Å². The van der Waals surface area contributed by atoms with E-state index in [2.05, 4.69) is 26.1 Å². The average Bonchev–Trinajstić information content (AvgIpc) is 2.18. The molecule has 1 fully saturated rings. The fourth-order valence-electron chi connectivity index (χ4n) is 2.58. The molecule has 1 saturated carbocycles. The second-order valence-electron chi connectivity index (χ2n) is 5.20. The van der Waals surface area contributed by atoms with E-state index in [0.29, 0.717) is 5.41 Å². The molecule has 1 aliphatic carbocycles. The molecule has 1 N–H and O–H groups in total. The number of nitrogens with one attached hydrogen (secondary N) is 1. The molecule has 0 radical (unpaired) electrons. The lowest BCUT2D eigenvalue weighted by Gasteiger charge is -2.33. The summed E-state index contributed by atoms with van der Waals surface area (Å²) < 4.78 is 0. The Labute approximate surface area is 89.7 Å². The van der Waals surface area contributed by atoms with Gasteiger partial charge in [0.05, 0.1) is 0 Å². The monoisotopic (exact) mass is 197 g/mol. The van der Waals surface area contributed by atoms with Crippen molar-refractivity contribution in [2.45, 2.75) is 71.8 Å². The van der Waals surface area contributed by atoms with Crippen molar-refractivity contribution in [3.05, 3.63) is 0 Å². The van der Waals surface area contributed by atoms with Crippen molar-refractivity contribution in [3.63, 3.8) is 0 Å². The van der Waals surface area contributed by atoms with Crippen LogP contribution >= 0.6 is 0 Å². The maximum absolute atomic E-state index is 3.61. The first kappa shape index (κ1) is 12.0. The van der Waals surface area contributed by atoms with Crippen molar-refractivity contribution in [2.75, 3.05) is 6.54 Å². The predicted octanol–water partition coefficient (Wildman–Crippen LogP) is 3.74. The predicted molar refractivity (Wildman–Crippen MR) is 63.6 cm³/mol.